The normalized spacial score (nSPS) is 12.6. The van der Waals surface area contributed by atoms with Gasteiger partial charge in [-0.1, -0.05) is 6.92 Å². The maximum atomic E-state index is 11.0. The van der Waals surface area contributed by atoms with Crippen molar-refractivity contribution in [3.8, 4) is 0 Å². The van der Waals surface area contributed by atoms with Gasteiger partial charge >= 0.3 is 0 Å². The van der Waals surface area contributed by atoms with Gasteiger partial charge in [0.2, 0.25) is 16.0 Å². The maximum Gasteiger partial charge on any atom is 0.213 e. The smallest absolute Gasteiger partial charge is 0.213 e. The van der Waals surface area contributed by atoms with Crippen LogP contribution < -0.4 is 21.3 Å². The highest BCUT2D eigenvalue weighted by Crippen LogP contribution is 1.81. The molecule has 0 radical (unpaired) electrons. The van der Waals surface area contributed by atoms with Gasteiger partial charge in [-0.15, -0.1) is 0 Å². The summed E-state index contributed by atoms with van der Waals surface area (Å²) in [5, 5.41) is 2.79. The third-order valence-corrected chi connectivity index (χ3v) is 2.97. The van der Waals surface area contributed by atoms with Gasteiger partial charge in [-0.25, -0.2) is 19.0 Å². The van der Waals surface area contributed by atoms with Crippen LogP contribution in [0.3, 0.4) is 0 Å². The lowest BCUT2D eigenvalue weighted by Gasteiger charge is -2.08. The van der Waals surface area contributed by atoms with Gasteiger partial charge in [0.25, 0.3) is 0 Å². The molecule has 0 saturated carbocycles. The zero-order valence-electron chi connectivity index (χ0n) is 9.08. The Hall–Kier alpha value is -0.860. The molecule has 0 unspecified atom stereocenters. The molecule has 0 aromatic rings. The van der Waals surface area contributed by atoms with Crippen LogP contribution in [0.5, 0.6) is 0 Å². The summed E-state index contributed by atoms with van der Waals surface area (Å²) < 4.78 is 24.3. The van der Waals surface area contributed by atoms with Gasteiger partial charge in [-0.05, 0) is 13.5 Å². The van der Waals surface area contributed by atoms with E-state index in [0.29, 0.717) is 12.5 Å². The Morgan fingerprint density at radius 3 is 2.60 bits per heavy atom. The molecule has 90 valence electrons. The second kappa shape index (κ2) is 7.43. The molecule has 7 nitrogen and oxygen atoms in total. The van der Waals surface area contributed by atoms with E-state index in [1.807, 2.05) is 6.92 Å². The Morgan fingerprint density at radius 2 is 2.13 bits per heavy atom. The van der Waals surface area contributed by atoms with Gasteiger partial charge in [0.15, 0.2) is 0 Å². The molecule has 0 bridgehead atoms. The number of hydrogen-bond acceptors (Lipinski definition) is 4. The Kier molecular flexibility index (Phi) is 7.01. The third-order valence-electron chi connectivity index (χ3n) is 1.60. The molecule has 15 heavy (non-hydrogen) atoms. The number of rotatable bonds is 6. The van der Waals surface area contributed by atoms with Crippen molar-refractivity contribution < 1.29 is 8.42 Å². The van der Waals surface area contributed by atoms with E-state index in [2.05, 4.69) is 20.5 Å². The van der Waals surface area contributed by atoms with Gasteiger partial charge in [0, 0.05) is 13.1 Å². The standard InChI is InChI=1S/C7H19N5O2S/c1-3-4-10-7(12-8)11-5-6-15(13,14)9-2/h9H,3-6,8H2,1-2H3,(H2,10,11,12). The number of hydrogen-bond donors (Lipinski definition) is 4. The summed E-state index contributed by atoms with van der Waals surface area (Å²) >= 11 is 0. The molecular formula is C7H19N5O2S. The van der Waals surface area contributed by atoms with Crippen LogP contribution in [0.4, 0.5) is 0 Å². The minimum atomic E-state index is -3.18. The van der Waals surface area contributed by atoms with Gasteiger partial charge in [-0.2, -0.15) is 0 Å². The molecule has 0 fully saturated rings. The Balaban J connectivity index is 3.92. The SMILES string of the molecule is CCCN=C(NN)NCCS(=O)(=O)NC. The van der Waals surface area contributed by atoms with Crippen molar-refractivity contribution >= 4 is 16.0 Å². The van der Waals surface area contributed by atoms with Crippen molar-refractivity contribution in [2.75, 3.05) is 25.9 Å². The van der Waals surface area contributed by atoms with Crippen molar-refractivity contribution in [1.82, 2.24) is 15.5 Å². The maximum absolute atomic E-state index is 11.0. The summed E-state index contributed by atoms with van der Waals surface area (Å²) in [5.41, 5.74) is 2.36. The number of nitrogens with one attached hydrogen (secondary N) is 3. The Morgan fingerprint density at radius 1 is 1.47 bits per heavy atom. The summed E-state index contributed by atoms with van der Waals surface area (Å²) in [6.45, 7) is 2.89. The van der Waals surface area contributed by atoms with Crippen molar-refractivity contribution in [3.05, 3.63) is 0 Å². The molecule has 0 aromatic carbocycles. The lowest BCUT2D eigenvalue weighted by atomic mass is 10.5. The third kappa shape index (κ3) is 7.11. The minimum absolute atomic E-state index is 0.0175. The summed E-state index contributed by atoms with van der Waals surface area (Å²) in [6.07, 6.45) is 0.904. The van der Waals surface area contributed by atoms with Crippen LogP contribution in [-0.4, -0.2) is 40.3 Å². The van der Waals surface area contributed by atoms with Crippen molar-refractivity contribution in [1.29, 1.82) is 0 Å². The lowest BCUT2D eigenvalue weighted by molar-refractivity contribution is 0.586. The largest absolute Gasteiger partial charge is 0.354 e. The van der Waals surface area contributed by atoms with Gasteiger partial charge in [0.05, 0.1) is 5.75 Å². The molecule has 8 heteroatoms. The fourth-order valence-electron chi connectivity index (χ4n) is 0.782. The quantitative estimate of drug-likeness (QED) is 0.192. The van der Waals surface area contributed by atoms with Gasteiger partial charge in [0.1, 0.15) is 0 Å². The number of nitrogens with two attached hydrogens (primary N) is 1. The van der Waals surface area contributed by atoms with Gasteiger partial charge < -0.3 is 5.32 Å². The predicted octanol–water partition coefficient (Wildman–Crippen LogP) is -1.65. The molecular weight excluding hydrogens is 218 g/mol. The molecule has 0 aromatic heterocycles. The first-order chi connectivity index (χ1) is 7.05. The van der Waals surface area contributed by atoms with E-state index in [4.69, 9.17) is 5.84 Å². The lowest BCUT2D eigenvalue weighted by Crippen LogP contribution is -2.44. The highest BCUT2D eigenvalue weighted by molar-refractivity contribution is 7.89. The van der Waals surface area contributed by atoms with Gasteiger partial charge in [-0.3, -0.25) is 10.4 Å². The second-order valence-electron chi connectivity index (χ2n) is 2.82. The summed E-state index contributed by atoms with van der Waals surface area (Å²) in [4.78, 5) is 4.06. The number of aliphatic imine (C=N–C) groups is 1. The molecule has 0 spiro atoms. The molecule has 0 amide bonds. The summed E-state index contributed by atoms with van der Waals surface area (Å²) in [6, 6.07) is 0. The fraction of sp³-hybridized carbons (Fsp3) is 0.857. The van der Waals surface area contributed by atoms with E-state index in [1.165, 1.54) is 7.05 Å². The Labute approximate surface area is 90.5 Å². The van der Waals surface area contributed by atoms with Crippen LogP contribution in [0, 0.1) is 0 Å². The molecule has 0 aliphatic carbocycles. The minimum Gasteiger partial charge on any atom is -0.354 e. The first-order valence-electron chi connectivity index (χ1n) is 4.72. The predicted molar refractivity (Wildman–Crippen MR) is 60.8 cm³/mol. The van der Waals surface area contributed by atoms with Crippen LogP contribution in [0.1, 0.15) is 13.3 Å². The van der Waals surface area contributed by atoms with E-state index in [-0.39, 0.29) is 12.3 Å². The van der Waals surface area contributed by atoms with E-state index in [9.17, 15) is 8.42 Å². The molecule has 0 heterocycles. The number of hydrazine groups is 1. The van der Waals surface area contributed by atoms with Crippen LogP contribution in [0.15, 0.2) is 4.99 Å². The van der Waals surface area contributed by atoms with Crippen LogP contribution >= 0.6 is 0 Å². The number of nitrogens with zero attached hydrogens (tertiary/aromatic N) is 1. The van der Waals surface area contributed by atoms with Crippen LogP contribution in [0.2, 0.25) is 0 Å². The average molecular weight is 237 g/mol. The van der Waals surface area contributed by atoms with Crippen molar-refractivity contribution in [3.63, 3.8) is 0 Å². The zero-order valence-corrected chi connectivity index (χ0v) is 9.89. The van der Waals surface area contributed by atoms with E-state index < -0.39 is 10.0 Å². The Bertz CT molecular complexity index is 288. The molecule has 0 atom stereocenters. The zero-order chi connectivity index (χ0) is 11.7. The number of guanidine groups is 1. The summed E-state index contributed by atoms with van der Waals surface area (Å²) in [5.74, 6) is 5.58. The van der Waals surface area contributed by atoms with E-state index in [0.717, 1.165) is 6.42 Å². The molecule has 0 aliphatic heterocycles. The molecule has 0 aliphatic rings. The highest BCUT2D eigenvalue weighted by Gasteiger charge is 2.06. The van der Waals surface area contributed by atoms with E-state index >= 15 is 0 Å². The summed E-state index contributed by atoms with van der Waals surface area (Å²) in [7, 11) is -1.80. The number of sulfonamides is 1. The second-order valence-corrected chi connectivity index (χ2v) is 4.87. The average Bonchev–Trinajstić information content (AvgIpc) is 2.23. The van der Waals surface area contributed by atoms with E-state index in [1.54, 1.807) is 0 Å². The van der Waals surface area contributed by atoms with Crippen LogP contribution in [-0.2, 0) is 10.0 Å². The van der Waals surface area contributed by atoms with Crippen LogP contribution in [0.25, 0.3) is 0 Å². The fourth-order valence-corrected chi connectivity index (χ4v) is 1.36. The molecule has 5 N–H and O–H groups in total. The first-order valence-corrected chi connectivity index (χ1v) is 6.37. The topological polar surface area (TPSA) is 109 Å². The van der Waals surface area contributed by atoms with Crippen molar-refractivity contribution in [2.24, 2.45) is 10.8 Å². The molecule has 0 rings (SSSR count). The first kappa shape index (κ1) is 14.1. The molecule has 0 saturated heterocycles. The highest BCUT2D eigenvalue weighted by atomic mass is 32.2. The van der Waals surface area contributed by atoms with Crippen molar-refractivity contribution in [2.45, 2.75) is 13.3 Å². The monoisotopic (exact) mass is 237 g/mol.